The smallest absolute Gasteiger partial charge is 0.123 e. The Labute approximate surface area is 133 Å². The Morgan fingerprint density at radius 2 is 1.59 bits per heavy atom. The normalized spacial score (nSPS) is 10.7. The van der Waals surface area contributed by atoms with Gasteiger partial charge >= 0.3 is 0 Å². The summed E-state index contributed by atoms with van der Waals surface area (Å²) in [7, 11) is 0. The summed E-state index contributed by atoms with van der Waals surface area (Å²) >= 11 is 5.94. The number of halogens is 2. The first-order valence-electron chi connectivity index (χ1n) is 6.88. The van der Waals surface area contributed by atoms with E-state index in [-0.39, 0.29) is 5.82 Å². The van der Waals surface area contributed by atoms with Crippen LogP contribution in [0.5, 0.6) is 0 Å². The molecule has 0 atom stereocenters. The second kappa shape index (κ2) is 6.26. The molecule has 2 aromatic carbocycles. The predicted molar refractivity (Wildman–Crippen MR) is 88.0 cm³/mol. The summed E-state index contributed by atoms with van der Waals surface area (Å²) in [5.41, 5.74) is 10.2. The van der Waals surface area contributed by atoms with Crippen molar-refractivity contribution in [2.24, 2.45) is 5.73 Å². The third kappa shape index (κ3) is 3.01. The molecule has 1 aromatic heterocycles. The Morgan fingerprint density at radius 3 is 2.23 bits per heavy atom. The van der Waals surface area contributed by atoms with Gasteiger partial charge in [-0.1, -0.05) is 35.9 Å². The Balaban J connectivity index is 2.17. The fraction of sp³-hybridized carbons (Fsp3) is 0.0556. The lowest BCUT2D eigenvalue weighted by Gasteiger charge is -2.11. The van der Waals surface area contributed by atoms with Gasteiger partial charge in [-0.15, -0.1) is 0 Å². The molecule has 0 radical (unpaired) electrons. The van der Waals surface area contributed by atoms with Crippen molar-refractivity contribution in [3.05, 3.63) is 77.2 Å². The van der Waals surface area contributed by atoms with Crippen LogP contribution in [0.1, 0.15) is 5.56 Å². The lowest BCUT2D eigenvalue weighted by molar-refractivity contribution is 0.628. The van der Waals surface area contributed by atoms with E-state index in [0.29, 0.717) is 11.6 Å². The van der Waals surface area contributed by atoms with E-state index in [1.54, 1.807) is 18.3 Å². The zero-order valence-electron chi connectivity index (χ0n) is 11.8. The van der Waals surface area contributed by atoms with Crippen LogP contribution in [0, 0.1) is 5.82 Å². The third-order valence-electron chi connectivity index (χ3n) is 3.45. The quantitative estimate of drug-likeness (QED) is 0.763. The minimum Gasteiger partial charge on any atom is -0.326 e. The molecule has 1 heterocycles. The van der Waals surface area contributed by atoms with E-state index >= 15 is 0 Å². The molecule has 2 nitrogen and oxygen atoms in total. The molecule has 0 saturated carbocycles. The number of rotatable bonds is 3. The molecule has 0 fully saturated rings. The van der Waals surface area contributed by atoms with Crippen LogP contribution in [0.4, 0.5) is 4.39 Å². The molecule has 0 bridgehead atoms. The molecule has 4 heteroatoms. The van der Waals surface area contributed by atoms with Gasteiger partial charge in [-0.3, -0.25) is 4.98 Å². The van der Waals surface area contributed by atoms with Gasteiger partial charge in [0.25, 0.3) is 0 Å². The molecule has 3 aromatic rings. The minimum absolute atomic E-state index is 0.264. The van der Waals surface area contributed by atoms with E-state index in [1.807, 2.05) is 30.3 Å². The maximum atomic E-state index is 13.2. The van der Waals surface area contributed by atoms with Crippen molar-refractivity contribution in [2.75, 3.05) is 0 Å². The Hall–Kier alpha value is -2.23. The molecule has 0 unspecified atom stereocenters. The van der Waals surface area contributed by atoms with E-state index in [9.17, 15) is 4.39 Å². The van der Waals surface area contributed by atoms with Gasteiger partial charge in [-0.05, 0) is 41.5 Å². The largest absolute Gasteiger partial charge is 0.326 e. The maximum absolute atomic E-state index is 13.2. The topological polar surface area (TPSA) is 38.9 Å². The minimum atomic E-state index is -0.264. The number of aromatic nitrogens is 1. The van der Waals surface area contributed by atoms with Crippen LogP contribution in [0.15, 0.2) is 60.8 Å². The van der Waals surface area contributed by atoms with Gasteiger partial charge in [-0.2, -0.15) is 0 Å². The highest BCUT2D eigenvalue weighted by Crippen LogP contribution is 2.31. The van der Waals surface area contributed by atoms with Crippen molar-refractivity contribution < 1.29 is 4.39 Å². The molecule has 0 amide bonds. The van der Waals surface area contributed by atoms with Crippen LogP contribution in [0.3, 0.4) is 0 Å². The number of pyridine rings is 1. The van der Waals surface area contributed by atoms with Crippen LogP contribution in [-0.4, -0.2) is 4.98 Å². The van der Waals surface area contributed by atoms with Crippen LogP contribution >= 0.6 is 11.6 Å². The van der Waals surface area contributed by atoms with E-state index < -0.39 is 0 Å². The van der Waals surface area contributed by atoms with Gasteiger partial charge in [0.05, 0.1) is 5.69 Å². The molecule has 0 aliphatic carbocycles. The highest BCUT2D eigenvalue weighted by atomic mass is 35.5. The predicted octanol–water partition coefficient (Wildman–Crippen LogP) is 4.67. The number of hydrogen-bond acceptors (Lipinski definition) is 2. The monoisotopic (exact) mass is 312 g/mol. The Kier molecular flexibility index (Phi) is 4.18. The summed E-state index contributed by atoms with van der Waals surface area (Å²) < 4.78 is 13.2. The zero-order chi connectivity index (χ0) is 15.5. The second-order valence-corrected chi connectivity index (χ2v) is 5.39. The van der Waals surface area contributed by atoms with Gasteiger partial charge in [0.15, 0.2) is 0 Å². The fourth-order valence-corrected chi connectivity index (χ4v) is 2.43. The standard InChI is InChI=1S/C18H14ClFN2/c19-15-5-1-14(2-6-15)18-17(9-12(10-21)11-22-18)13-3-7-16(20)8-4-13/h1-9,11H,10,21H2. The van der Waals surface area contributed by atoms with Crippen LogP contribution < -0.4 is 5.73 Å². The molecule has 2 N–H and O–H groups in total. The van der Waals surface area contributed by atoms with E-state index in [1.165, 1.54) is 12.1 Å². The molecule has 22 heavy (non-hydrogen) atoms. The van der Waals surface area contributed by atoms with Crippen molar-refractivity contribution >= 4 is 11.6 Å². The number of nitrogens with two attached hydrogens (primary N) is 1. The van der Waals surface area contributed by atoms with Crippen molar-refractivity contribution in [2.45, 2.75) is 6.54 Å². The van der Waals surface area contributed by atoms with Crippen LogP contribution in [0.25, 0.3) is 22.4 Å². The SMILES string of the molecule is NCc1cnc(-c2ccc(Cl)cc2)c(-c2ccc(F)cc2)c1. The Bertz CT molecular complexity index is 783. The summed E-state index contributed by atoms with van der Waals surface area (Å²) in [6.45, 7) is 0.405. The van der Waals surface area contributed by atoms with Gasteiger partial charge in [0.1, 0.15) is 5.82 Å². The highest BCUT2D eigenvalue weighted by Gasteiger charge is 2.10. The van der Waals surface area contributed by atoms with Crippen LogP contribution in [0.2, 0.25) is 5.02 Å². The third-order valence-corrected chi connectivity index (χ3v) is 3.70. The molecular weight excluding hydrogens is 299 g/mol. The highest BCUT2D eigenvalue weighted by molar-refractivity contribution is 6.30. The fourth-order valence-electron chi connectivity index (χ4n) is 2.31. The first-order chi connectivity index (χ1) is 10.7. The lowest BCUT2D eigenvalue weighted by Crippen LogP contribution is -1.99. The summed E-state index contributed by atoms with van der Waals surface area (Å²) in [5.74, 6) is -0.264. The number of nitrogens with zero attached hydrogens (tertiary/aromatic N) is 1. The van der Waals surface area contributed by atoms with E-state index in [0.717, 1.165) is 27.9 Å². The first kappa shape index (κ1) is 14.7. The summed E-state index contributed by atoms with van der Waals surface area (Å²) in [5, 5.41) is 0.672. The number of benzene rings is 2. The Morgan fingerprint density at radius 1 is 0.955 bits per heavy atom. The molecule has 0 spiro atoms. The molecular formula is C18H14ClFN2. The van der Waals surface area contributed by atoms with Gasteiger partial charge < -0.3 is 5.73 Å². The van der Waals surface area contributed by atoms with E-state index in [2.05, 4.69) is 4.98 Å². The lowest BCUT2D eigenvalue weighted by atomic mass is 9.98. The average molecular weight is 313 g/mol. The zero-order valence-corrected chi connectivity index (χ0v) is 12.5. The molecule has 0 aliphatic rings. The summed E-state index contributed by atoms with van der Waals surface area (Å²) in [6.07, 6.45) is 1.76. The van der Waals surface area contributed by atoms with Gasteiger partial charge in [0.2, 0.25) is 0 Å². The summed E-state index contributed by atoms with van der Waals surface area (Å²) in [4.78, 5) is 4.53. The van der Waals surface area contributed by atoms with Crippen molar-refractivity contribution in [1.29, 1.82) is 0 Å². The molecule has 0 saturated heterocycles. The van der Waals surface area contributed by atoms with Crippen LogP contribution in [-0.2, 0) is 6.54 Å². The first-order valence-corrected chi connectivity index (χ1v) is 7.26. The average Bonchev–Trinajstić information content (AvgIpc) is 2.56. The van der Waals surface area contributed by atoms with Gasteiger partial charge in [0, 0.05) is 28.9 Å². The number of hydrogen-bond donors (Lipinski definition) is 1. The molecule has 110 valence electrons. The second-order valence-electron chi connectivity index (χ2n) is 4.96. The van der Waals surface area contributed by atoms with E-state index in [4.69, 9.17) is 17.3 Å². The van der Waals surface area contributed by atoms with Crippen molar-refractivity contribution in [1.82, 2.24) is 4.98 Å². The van der Waals surface area contributed by atoms with Crippen molar-refractivity contribution in [3.63, 3.8) is 0 Å². The van der Waals surface area contributed by atoms with Gasteiger partial charge in [-0.25, -0.2) is 4.39 Å². The molecule has 0 aliphatic heterocycles. The van der Waals surface area contributed by atoms with Crippen molar-refractivity contribution in [3.8, 4) is 22.4 Å². The summed E-state index contributed by atoms with van der Waals surface area (Å²) in [6, 6.07) is 15.8. The molecule has 3 rings (SSSR count). The maximum Gasteiger partial charge on any atom is 0.123 e.